The van der Waals surface area contributed by atoms with Crippen LogP contribution in [0.15, 0.2) is 28.7 Å². The van der Waals surface area contributed by atoms with E-state index in [-0.39, 0.29) is 5.97 Å². The molecule has 122 valence electrons. The number of rotatable bonds is 7. The van der Waals surface area contributed by atoms with E-state index in [9.17, 15) is 14.7 Å². The van der Waals surface area contributed by atoms with Crippen molar-refractivity contribution >= 4 is 27.9 Å². The van der Waals surface area contributed by atoms with Crippen LogP contribution < -0.4 is 0 Å². The Morgan fingerprint density at radius 1 is 1.23 bits per heavy atom. The van der Waals surface area contributed by atoms with E-state index in [1.165, 1.54) is 7.11 Å². The zero-order valence-corrected chi connectivity index (χ0v) is 15.1. The molecule has 1 unspecified atom stereocenters. The highest BCUT2D eigenvalue weighted by molar-refractivity contribution is 9.10. The minimum Gasteiger partial charge on any atom is -0.481 e. The van der Waals surface area contributed by atoms with E-state index in [2.05, 4.69) is 15.9 Å². The second-order valence-electron chi connectivity index (χ2n) is 6.38. The van der Waals surface area contributed by atoms with Gasteiger partial charge < -0.3 is 9.84 Å². The van der Waals surface area contributed by atoms with Crippen LogP contribution in [0.2, 0.25) is 0 Å². The van der Waals surface area contributed by atoms with Gasteiger partial charge in [-0.3, -0.25) is 9.59 Å². The lowest BCUT2D eigenvalue weighted by molar-refractivity contribution is -0.151. The van der Waals surface area contributed by atoms with Crippen molar-refractivity contribution < 1.29 is 19.4 Å². The van der Waals surface area contributed by atoms with E-state index >= 15 is 0 Å². The largest absolute Gasteiger partial charge is 0.481 e. The van der Waals surface area contributed by atoms with Crippen LogP contribution in [0.1, 0.15) is 45.6 Å². The van der Waals surface area contributed by atoms with Gasteiger partial charge in [0.2, 0.25) is 0 Å². The number of hydrogen-bond acceptors (Lipinski definition) is 3. The maximum Gasteiger partial charge on any atom is 0.313 e. The molecule has 0 aliphatic heterocycles. The van der Waals surface area contributed by atoms with Crippen molar-refractivity contribution in [2.24, 2.45) is 5.41 Å². The zero-order chi connectivity index (χ0) is 17.0. The molecule has 0 aliphatic rings. The minimum absolute atomic E-state index is 0.271. The summed E-state index contributed by atoms with van der Waals surface area (Å²) in [5, 5.41) is 9.65. The first kappa shape index (κ1) is 18.7. The molecule has 0 aliphatic carbocycles. The molecule has 0 heterocycles. The van der Waals surface area contributed by atoms with Gasteiger partial charge in [-0.25, -0.2) is 0 Å². The van der Waals surface area contributed by atoms with Gasteiger partial charge in [0.1, 0.15) is 0 Å². The summed E-state index contributed by atoms with van der Waals surface area (Å²) in [6.07, 6.45) is 1.66. The maximum absolute atomic E-state index is 11.8. The summed E-state index contributed by atoms with van der Waals surface area (Å²) in [5.41, 5.74) is -0.827. The highest BCUT2D eigenvalue weighted by Crippen LogP contribution is 2.34. The molecule has 0 bridgehead atoms. The molecule has 4 nitrogen and oxygen atoms in total. The van der Waals surface area contributed by atoms with Gasteiger partial charge in [-0.1, -0.05) is 34.5 Å². The zero-order valence-electron chi connectivity index (χ0n) is 13.5. The summed E-state index contributed by atoms with van der Waals surface area (Å²) >= 11 is 3.38. The van der Waals surface area contributed by atoms with E-state index in [1.54, 1.807) is 6.92 Å². The van der Waals surface area contributed by atoms with Crippen LogP contribution in [0.4, 0.5) is 0 Å². The topological polar surface area (TPSA) is 63.6 Å². The first-order valence-electron chi connectivity index (χ1n) is 7.21. The Morgan fingerprint density at radius 2 is 1.86 bits per heavy atom. The predicted octanol–water partition coefficient (Wildman–Crippen LogP) is 4.16. The Bertz CT molecular complexity index is 553. The van der Waals surface area contributed by atoms with Gasteiger partial charge >= 0.3 is 11.9 Å². The first-order chi connectivity index (χ1) is 10.1. The lowest BCUT2D eigenvalue weighted by Gasteiger charge is -2.28. The molecule has 1 N–H and O–H groups in total. The number of benzene rings is 1. The second-order valence-corrected chi connectivity index (χ2v) is 7.29. The van der Waals surface area contributed by atoms with E-state index in [0.717, 1.165) is 10.0 Å². The van der Waals surface area contributed by atoms with Gasteiger partial charge in [0, 0.05) is 4.47 Å². The molecular weight excluding hydrogens is 348 g/mol. The highest BCUT2D eigenvalue weighted by atomic mass is 79.9. The number of halogens is 1. The third-order valence-corrected chi connectivity index (χ3v) is 4.64. The lowest BCUT2D eigenvalue weighted by atomic mass is 9.76. The first-order valence-corrected chi connectivity index (χ1v) is 8.00. The quantitative estimate of drug-likeness (QED) is 0.731. The normalized spacial score (nSPS) is 14.2. The fourth-order valence-corrected chi connectivity index (χ4v) is 2.87. The van der Waals surface area contributed by atoms with Crippen molar-refractivity contribution in [3.63, 3.8) is 0 Å². The third-order valence-electron chi connectivity index (χ3n) is 4.15. The number of aliphatic carboxylic acids is 1. The van der Waals surface area contributed by atoms with Crippen molar-refractivity contribution in [3.05, 3.63) is 34.3 Å². The predicted molar refractivity (Wildman–Crippen MR) is 88.8 cm³/mol. The highest BCUT2D eigenvalue weighted by Gasteiger charge is 2.36. The number of carboxylic acids is 1. The van der Waals surface area contributed by atoms with E-state index in [0.29, 0.717) is 19.3 Å². The number of hydrogen-bond donors (Lipinski definition) is 1. The SMILES string of the molecule is COC(=O)C(C)(C)CCCC(C)(C(=O)O)c1cccc(Br)c1. The standard InChI is InChI=1S/C17H23BrO4/c1-16(2,15(21)22-4)9-6-10-17(3,14(19)20)12-7-5-8-13(18)11-12/h5,7-8,11H,6,9-10H2,1-4H3,(H,19,20). The number of esters is 1. The molecule has 22 heavy (non-hydrogen) atoms. The Labute approximate surface area is 140 Å². The molecule has 1 rings (SSSR count). The Kier molecular flexibility index (Phi) is 6.17. The molecule has 0 amide bonds. The van der Waals surface area contributed by atoms with Crippen LogP contribution in [0, 0.1) is 5.41 Å². The molecule has 0 spiro atoms. The molecule has 5 heteroatoms. The molecule has 1 aromatic rings. The Balaban J connectivity index is 2.86. The van der Waals surface area contributed by atoms with Crippen LogP contribution in [0.25, 0.3) is 0 Å². The molecule has 0 aromatic heterocycles. The van der Waals surface area contributed by atoms with Gasteiger partial charge in [0.25, 0.3) is 0 Å². The molecule has 0 saturated heterocycles. The number of carbonyl (C=O) groups excluding carboxylic acids is 1. The van der Waals surface area contributed by atoms with Crippen molar-refractivity contribution in [1.82, 2.24) is 0 Å². The molecule has 1 aromatic carbocycles. The van der Waals surface area contributed by atoms with Gasteiger partial charge in [-0.2, -0.15) is 0 Å². The fourth-order valence-electron chi connectivity index (χ4n) is 2.47. The molecule has 0 radical (unpaired) electrons. The van der Waals surface area contributed by atoms with Gasteiger partial charge in [-0.15, -0.1) is 0 Å². The van der Waals surface area contributed by atoms with Gasteiger partial charge in [-0.05, 0) is 51.3 Å². The lowest BCUT2D eigenvalue weighted by Crippen LogP contribution is -2.33. The molecule has 0 fully saturated rings. The Morgan fingerprint density at radius 3 is 2.36 bits per heavy atom. The number of carbonyl (C=O) groups is 2. The summed E-state index contributed by atoms with van der Waals surface area (Å²) in [6.45, 7) is 5.36. The fraction of sp³-hybridized carbons (Fsp3) is 0.529. The van der Waals surface area contributed by atoms with Gasteiger partial charge in [0.05, 0.1) is 17.9 Å². The number of carboxylic acid groups (broad SMARTS) is 1. The minimum atomic E-state index is -0.976. The Hall–Kier alpha value is -1.36. The van der Waals surface area contributed by atoms with Crippen LogP contribution in [0.5, 0.6) is 0 Å². The van der Waals surface area contributed by atoms with E-state index in [4.69, 9.17) is 4.74 Å². The van der Waals surface area contributed by atoms with Crippen molar-refractivity contribution in [3.8, 4) is 0 Å². The average molecular weight is 371 g/mol. The van der Waals surface area contributed by atoms with Crippen LogP contribution in [-0.2, 0) is 19.7 Å². The van der Waals surface area contributed by atoms with Crippen LogP contribution in [0.3, 0.4) is 0 Å². The summed E-state index contributed by atoms with van der Waals surface area (Å²) < 4.78 is 5.64. The summed E-state index contributed by atoms with van der Waals surface area (Å²) in [5.74, 6) is -1.13. The van der Waals surface area contributed by atoms with Gasteiger partial charge in [0.15, 0.2) is 0 Å². The maximum atomic E-state index is 11.8. The summed E-state index contributed by atoms with van der Waals surface area (Å²) in [7, 11) is 1.37. The summed E-state index contributed by atoms with van der Waals surface area (Å²) in [6, 6.07) is 7.36. The number of ether oxygens (including phenoxy) is 1. The van der Waals surface area contributed by atoms with Crippen LogP contribution in [-0.4, -0.2) is 24.2 Å². The average Bonchev–Trinajstić information content (AvgIpc) is 2.45. The molecular formula is C17H23BrO4. The van der Waals surface area contributed by atoms with Crippen molar-refractivity contribution in [2.45, 2.75) is 45.4 Å². The van der Waals surface area contributed by atoms with Crippen molar-refractivity contribution in [1.29, 1.82) is 0 Å². The third kappa shape index (κ3) is 4.32. The van der Waals surface area contributed by atoms with Crippen LogP contribution >= 0.6 is 15.9 Å². The molecule has 0 saturated carbocycles. The number of methoxy groups -OCH3 is 1. The van der Waals surface area contributed by atoms with Crippen molar-refractivity contribution in [2.75, 3.05) is 7.11 Å². The monoisotopic (exact) mass is 370 g/mol. The second kappa shape index (κ2) is 7.27. The smallest absolute Gasteiger partial charge is 0.313 e. The molecule has 1 atom stereocenters. The van der Waals surface area contributed by atoms with E-state index in [1.807, 2.05) is 38.1 Å². The van der Waals surface area contributed by atoms with E-state index < -0.39 is 16.8 Å². The summed E-state index contributed by atoms with van der Waals surface area (Å²) in [4.78, 5) is 23.5.